The second kappa shape index (κ2) is 4.29. The van der Waals surface area contributed by atoms with E-state index >= 15 is 0 Å². The number of carbonyl (C=O) groups is 2. The summed E-state index contributed by atoms with van der Waals surface area (Å²) in [6.45, 7) is 0. The van der Waals surface area contributed by atoms with Crippen LogP contribution in [0.1, 0.15) is 20.8 Å². The lowest BCUT2D eigenvalue weighted by Crippen LogP contribution is -2.30. The van der Waals surface area contributed by atoms with Gasteiger partial charge in [0, 0.05) is 18.6 Å². The van der Waals surface area contributed by atoms with Crippen LogP contribution >= 0.6 is 23.2 Å². The average Bonchev–Trinajstić information content (AvgIpc) is 2.64. The van der Waals surface area contributed by atoms with Crippen molar-refractivity contribution in [2.75, 3.05) is 4.90 Å². The summed E-state index contributed by atoms with van der Waals surface area (Å²) in [5.41, 5.74) is 0.458. The van der Waals surface area contributed by atoms with E-state index < -0.39 is 11.8 Å². The Balaban J connectivity index is 2.20. The van der Waals surface area contributed by atoms with E-state index in [1.165, 1.54) is 24.7 Å². The van der Waals surface area contributed by atoms with Gasteiger partial charge in [0.2, 0.25) is 0 Å². The monoisotopic (exact) mass is 293 g/mol. The van der Waals surface area contributed by atoms with Crippen molar-refractivity contribution >= 4 is 40.7 Å². The molecule has 5 nitrogen and oxygen atoms in total. The van der Waals surface area contributed by atoms with Crippen molar-refractivity contribution in [2.45, 2.75) is 0 Å². The summed E-state index contributed by atoms with van der Waals surface area (Å²) in [5.74, 6) is -1.04. The second-order valence-electron chi connectivity index (χ2n) is 3.80. The lowest BCUT2D eigenvalue weighted by Gasteiger charge is -2.16. The molecule has 0 atom stereocenters. The lowest BCUT2D eigenvalue weighted by molar-refractivity contribution is 0.0924. The van der Waals surface area contributed by atoms with Gasteiger partial charge in [-0.25, -0.2) is 4.90 Å². The standard InChI is InChI=1S/C12H5Cl2N3O2/c13-7-4-15-5-8(14)10(7)17-11(18)6-2-1-3-16-9(6)12(17)19/h1-5H. The van der Waals surface area contributed by atoms with Crippen molar-refractivity contribution in [3.05, 3.63) is 52.0 Å². The van der Waals surface area contributed by atoms with Gasteiger partial charge in [0.25, 0.3) is 11.8 Å². The number of pyridine rings is 2. The Labute approximate surface area is 117 Å². The fourth-order valence-corrected chi connectivity index (χ4v) is 2.42. The zero-order valence-electron chi connectivity index (χ0n) is 9.30. The zero-order valence-corrected chi connectivity index (χ0v) is 10.8. The van der Waals surface area contributed by atoms with E-state index in [9.17, 15) is 9.59 Å². The van der Waals surface area contributed by atoms with Crippen molar-refractivity contribution in [2.24, 2.45) is 0 Å². The Morgan fingerprint density at radius 2 is 1.74 bits per heavy atom. The van der Waals surface area contributed by atoms with Crippen LogP contribution in [0.25, 0.3) is 0 Å². The van der Waals surface area contributed by atoms with Crippen LogP contribution in [-0.2, 0) is 0 Å². The Morgan fingerprint density at radius 1 is 1.05 bits per heavy atom. The van der Waals surface area contributed by atoms with Crippen LogP contribution < -0.4 is 4.90 Å². The first-order valence-corrected chi connectivity index (χ1v) is 5.99. The van der Waals surface area contributed by atoms with E-state index in [2.05, 4.69) is 9.97 Å². The van der Waals surface area contributed by atoms with Crippen LogP contribution in [0.5, 0.6) is 0 Å². The molecule has 7 heteroatoms. The molecule has 94 valence electrons. The van der Waals surface area contributed by atoms with Crippen LogP contribution in [0.3, 0.4) is 0 Å². The minimum absolute atomic E-state index is 0.0939. The third-order valence-corrected chi connectivity index (χ3v) is 3.25. The summed E-state index contributed by atoms with van der Waals surface area (Å²) in [5, 5.41) is 0.254. The van der Waals surface area contributed by atoms with Gasteiger partial charge in [0.1, 0.15) is 5.69 Å². The highest BCUT2D eigenvalue weighted by atomic mass is 35.5. The molecule has 1 aliphatic heterocycles. The van der Waals surface area contributed by atoms with Crippen LogP contribution in [0, 0.1) is 0 Å². The Kier molecular flexibility index (Phi) is 2.73. The molecule has 0 unspecified atom stereocenters. The quantitative estimate of drug-likeness (QED) is 0.758. The smallest absolute Gasteiger partial charge is 0.268 e. The lowest BCUT2D eigenvalue weighted by atomic mass is 10.2. The number of rotatable bonds is 1. The van der Waals surface area contributed by atoms with Gasteiger partial charge < -0.3 is 0 Å². The number of aromatic nitrogens is 2. The topological polar surface area (TPSA) is 63.2 Å². The number of carbonyl (C=O) groups excluding carboxylic acids is 2. The minimum Gasteiger partial charge on any atom is -0.268 e. The summed E-state index contributed by atoms with van der Waals surface area (Å²) >= 11 is 11.9. The first-order valence-electron chi connectivity index (χ1n) is 5.24. The first kappa shape index (κ1) is 12.1. The maximum Gasteiger partial charge on any atom is 0.284 e. The molecule has 2 aromatic rings. The van der Waals surface area contributed by atoms with Crippen LogP contribution in [0.2, 0.25) is 10.0 Å². The number of imide groups is 1. The van der Waals surface area contributed by atoms with Gasteiger partial charge >= 0.3 is 0 Å². The molecule has 0 saturated carbocycles. The number of halogens is 2. The molecule has 0 fully saturated rings. The minimum atomic E-state index is -0.546. The van der Waals surface area contributed by atoms with Gasteiger partial charge in [-0.3, -0.25) is 19.6 Å². The molecule has 2 aromatic heterocycles. The number of hydrogen-bond donors (Lipinski definition) is 0. The zero-order chi connectivity index (χ0) is 13.6. The second-order valence-corrected chi connectivity index (χ2v) is 4.61. The molecule has 0 N–H and O–H groups in total. The van der Waals surface area contributed by atoms with E-state index in [0.29, 0.717) is 0 Å². The molecule has 0 aliphatic carbocycles. The Bertz CT molecular complexity index is 663. The van der Waals surface area contributed by atoms with Crippen molar-refractivity contribution in [1.82, 2.24) is 9.97 Å². The van der Waals surface area contributed by atoms with Crippen molar-refractivity contribution in [3.8, 4) is 0 Å². The summed E-state index contributed by atoms with van der Waals surface area (Å²) in [6, 6.07) is 3.12. The molecule has 0 aromatic carbocycles. The van der Waals surface area contributed by atoms with Crippen LogP contribution in [0.4, 0.5) is 5.69 Å². The predicted octanol–water partition coefficient (Wildman–Crippen LogP) is 2.58. The van der Waals surface area contributed by atoms with E-state index in [1.807, 2.05) is 0 Å². The Morgan fingerprint density at radius 3 is 2.37 bits per heavy atom. The van der Waals surface area contributed by atoms with Gasteiger partial charge in [-0.15, -0.1) is 0 Å². The summed E-state index contributed by atoms with van der Waals surface area (Å²) < 4.78 is 0. The first-order chi connectivity index (χ1) is 9.11. The van der Waals surface area contributed by atoms with Crippen molar-refractivity contribution < 1.29 is 9.59 Å². The molecule has 2 amide bonds. The van der Waals surface area contributed by atoms with Gasteiger partial charge in [-0.2, -0.15) is 0 Å². The fourth-order valence-electron chi connectivity index (χ4n) is 1.89. The normalized spacial score (nSPS) is 13.9. The SMILES string of the molecule is O=C1c2cccnc2C(=O)N1c1c(Cl)cncc1Cl. The third kappa shape index (κ3) is 1.70. The maximum atomic E-state index is 12.2. The molecule has 0 bridgehead atoms. The molecule has 3 rings (SSSR count). The summed E-state index contributed by atoms with van der Waals surface area (Å²) in [6.07, 6.45) is 4.09. The van der Waals surface area contributed by atoms with Gasteiger partial charge in [0.15, 0.2) is 0 Å². The maximum absolute atomic E-state index is 12.2. The van der Waals surface area contributed by atoms with E-state index in [0.717, 1.165) is 4.90 Å². The third-order valence-electron chi connectivity index (χ3n) is 2.70. The van der Waals surface area contributed by atoms with Crippen molar-refractivity contribution in [3.63, 3.8) is 0 Å². The molecule has 0 radical (unpaired) electrons. The van der Waals surface area contributed by atoms with E-state index in [1.54, 1.807) is 6.07 Å². The van der Waals surface area contributed by atoms with Gasteiger partial charge in [-0.05, 0) is 12.1 Å². The molecular weight excluding hydrogens is 289 g/mol. The molecule has 3 heterocycles. The number of hydrogen-bond acceptors (Lipinski definition) is 4. The van der Waals surface area contributed by atoms with E-state index in [-0.39, 0.29) is 27.0 Å². The van der Waals surface area contributed by atoms with Gasteiger partial charge in [-0.1, -0.05) is 23.2 Å². The highest BCUT2D eigenvalue weighted by Gasteiger charge is 2.39. The summed E-state index contributed by atoms with van der Waals surface area (Å²) in [4.78, 5) is 33.1. The van der Waals surface area contributed by atoms with Gasteiger partial charge in [0.05, 0.1) is 21.3 Å². The summed E-state index contributed by atoms with van der Waals surface area (Å²) in [7, 11) is 0. The highest BCUT2D eigenvalue weighted by Crippen LogP contribution is 2.37. The fraction of sp³-hybridized carbons (Fsp3) is 0. The Hall–Kier alpha value is -1.98. The molecule has 1 aliphatic rings. The molecular formula is C12H5Cl2N3O2. The number of amides is 2. The van der Waals surface area contributed by atoms with E-state index in [4.69, 9.17) is 23.2 Å². The predicted molar refractivity (Wildman–Crippen MR) is 69.6 cm³/mol. The number of fused-ring (bicyclic) bond motifs is 1. The van der Waals surface area contributed by atoms with Crippen molar-refractivity contribution in [1.29, 1.82) is 0 Å². The number of anilines is 1. The average molecular weight is 294 g/mol. The largest absolute Gasteiger partial charge is 0.284 e. The van der Waals surface area contributed by atoms with Crippen LogP contribution in [-0.4, -0.2) is 21.8 Å². The van der Waals surface area contributed by atoms with Crippen LogP contribution in [0.15, 0.2) is 30.7 Å². The molecule has 0 saturated heterocycles. The number of nitrogens with zero attached hydrogens (tertiary/aromatic N) is 3. The molecule has 0 spiro atoms. The molecule has 19 heavy (non-hydrogen) atoms. The highest BCUT2D eigenvalue weighted by molar-refractivity contribution is 6.44.